The van der Waals surface area contributed by atoms with E-state index in [9.17, 15) is 9.59 Å². The third-order valence-corrected chi connectivity index (χ3v) is 4.70. The molecule has 4 nitrogen and oxygen atoms in total. The number of nitrogens with one attached hydrogen (secondary N) is 2. The Hall–Kier alpha value is -2.33. The van der Waals surface area contributed by atoms with Gasteiger partial charge in [0.05, 0.1) is 0 Å². The molecule has 138 valence electrons. The van der Waals surface area contributed by atoms with Crippen molar-refractivity contribution in [2.75, 3.05) is 6.54 Å². The van der Waals surface area contributed by atoms with Crippen molar-refractivity contribution in [1.82, 2.24) is 10.6 Å². The van der Waals surface area contributed by atoms with Crippen molar-refractivity contribution in [3.8, 4) is 0 Å². The van der Waals surface area contributed by atoms with Crippen LogP contribution in [0.2, 0.25) is 5.02 Å². The Labute approximate surface area is 159 Å². The molecule has 0 bridgehead atoms. The summed E-state index contributed by atoms with van der Waals surface area (Å²) in [5.41, 5.74) is 2.09. The van der Waals surface area contributed by atoms with E-state index in [1.54, 1.807) is 13.8 Å². The molecular formula is C21H25ClN2O2. The van der Waals surface area contributed by atoms with Crippen molar-refractivity contribution in [3.63, 3.8) is 0 Å². The van der Waals surface area contributed by atoms with Gasteiger partial charge in [-0.1, -0.05) is 48.0 Å². The maximum absolute atomic E-state index is 12.5. The molecule has 2 N–H and O–H groups in total. The summed E-state index contributed by atoms with van der Waals surface area (Å²) in [6.07, 6.45) is 0.684. The quantitative estimate of drug-likeness (QED) is 0.729. The van der Waals surface area contributed by atoms with E-state index < -0.39 is 5.41 Å². The Bertz CT molecular complexity index is 770. The zero-order chi connectivity index (χ0) is 19.2. The molecule has 0 atom stereocenters. The number of benzene rings is 2. The maximum Gasteiger partial charge on any atom is 0.235 e. The second-order valence-electron chi connectivity index (χ2n) is 6.87. The number of hydrogen-bond acceptors (Lipinski definition) is 2. The van der Waals surface area contributed by atoms with Crippen molar-refractivity contribution in [1.29, 1.82) is 0 Å². The van der Waals surface area contributed by atoms with Gasteiger partial charge in [-0.15, -0.1) is 0 Å². The van der Waals surface area contributed by atoms with Crippen LogP contribution in [-0.2, 0) is 22.6 Å². The summed E-state index contributed by atoms with van der Waals surface area (Å²) in [6.45, 7) is 6.15. The van der Waals surface area contributed by atoms with Crippen LogP contribution >= 0.6 is 11.6 Å². The first-order chi connectivity index (χ1) is 12.3. The van der Waals surface area contributed by atoms with Crippen molar-refractivity contribution >= 4 is 23.4 Å². The number of aryl methyl sites for hydroxylation is 1. The lowest BCUT2D eigenvalue weighted by molar-refractivity contribution is -0.141. The summed E-state index contributed by atoms with van der Waals surface area (Å²) < 4.78 is 0. The first-order valence-corrected chi connectivity index (χ1v) is 9.04. The molecule has 0 unspecified atom stereocenters. The highest BCUT2D eigenvalue weighted by Gasteiger charge is 2.35. The van der Waals surface area contributed by atoms with Crippen molar-refractivity contribution in [3.05, 3.63) is 70.2 Å². The van der Waals surface area contributed by atoms with E-state index in [0.717, 1.165) is 16.7 Å². The molecule has 0 spiro atoms. The highest BCUT2D eigenvalue weighted by atomic mass is 35.5. The number of rotatable bonds is 7. The third-order valence-electron chi connectivity index (χ3n) is 4.45. The predicted octanol–water partition coefficient (Wildman–Crippen LogP) is 3.65. The zero-order valence-electron chi connectivity index (χ0n) is 15.4. The molecule has 0 aliphatic carbocycles. The lowest BCUT2D eigenvalue weighted by Crippen LogP contribution is -2.48. The van der Waals surface area contributed by atoms with E-state index in [2.05, 4.69) is 10.6 Å². The van der Waals surface area contributed by atoms with Gasteiger partial charge in [0.25, 0.3) is 0 Å². The molecule has 0 aliphatic rings. The second-order valence-corrected chi connectivity index (χ2v) is 7.30. The Morgan fingerprint density at radius 3 is 2.23 bits per heavy atom. The summed E-state index contributed by atoms with van der Waals surface area (Å²) in [7, 11) is 0. The van der Waals surface area contributed by atoms with Crippen LogP contribution in [-0.4, -0.2) is 18.4 Å². The largest absolute Gasteiger partial charge is 0.355 e. The lowest BCUT2D eigenvalue weighted by Gasteiger charge is -2.23. The molecule has 0 aromatic heterocycles. The minimum Gasteiger partial charge on any atom is -0.355 e. The highest BCUT2D eigenvalue weighted by molar-refractivity contribution is 6.30. The molecule has 5 heteroatoms. The summed E-state index contributed by atoms with van der Waals surface area (Å²) in [5.74, 6) is -0.571. The van der Waals surface area contributed by atoms with Gasteiger partial charge in [0.1, 0.15) is 5.41 Å². The first kappa shape index (κ1) is 20.0. The second kappa shape index (κ2) is 8.86. The fourth-order valence-electron chi connectivity index (χ4n) is 2.50. The van der Waals surface area contributed by atoms with Crippen molar-refractivity contribution in [2.24, 2.45) is 5.41 Å². The zero-order valence-corrected chi connectivity index (χ0v) is 16.2. The van der Waals surface area contributed by atoms with E-state index in [-0.39, 0.29) is 11.8 Å². The molecule has 2 amide bonds. The Balaban J connectivity index is 1.84. The Kier molecular flexibility index (Phi) is 6.81. The van der Waals surface area contributed by atoms with Gasteiger partial charge in [0, 0.05) is 18.1 Å². The van der Waals surface area contributed by atoms with Crippen LogP contribution in [0.3, 0.4) is 0 Å². The predicted molar refractivity (Wildman–Crippen MR) is 105 cm³/mol. The lowest BCUT2D eigenvalue weighted by atomic mass is 9.90. The molecule has 0 fully saturated rings. The van der Waals surface area contributed by atoms with Crippen LogP contribution in [0, 0.1) is 12.3 Å². The van der Waals surface area contributed by atoms with E-state index >= 15 is 0 Å². The van der Waals surface area contributed by atoms with Crippen LogP contribution in [0.5, 0.6) is 0 Å². The average Bonchev–Trinajstić information content (AvgIpc) is 2.62. The first-order valence-electron chi connectivity index (χ1n) is 8.66. The Morgan fingerprint density at radius 2 is 1.58 bits per heavy atom. The normalized spacial score (nSPS) is 11.1. The molecule has 0 saturated heterocycles. The molecule has 2 aromatic carbocycles. The number of hydrogen-bond donors (Lipinski definition) is 2. The SMILES string of the molecule is Cc1ccccc1CNC(=O)C(C)(C)C(=O)NCCc1ccc(Cl)cc1. The van der Waals surface area contributed by atoms with Crippen LogP contribution in [0.1, 0.15) is 30.5 Å². The summed E-state index contributed by atoms with van der Waals surface area (Å²) >= 11 is 5.86. The molecule has 26 heavy (non-hydrogen) atoms. The minimum absolute atomic E-state index is 0.284. The summed E-state index contributed by atoms with van der Waals surface area (Å²) in [6, 6.07) is 15.3. The molecule has 0 heterocycles. The fourth-order valence-corrected chi connectivity index (χ4v) is 2.63. The number of carbonyl (C=O) groups excluding carboxylic acids is 2. The molecule has 0 aliphatic heterocycles. The van der Waals surface area contributed by atoms with Crippen LogP contribution in [0.15, 0.2) is 48.5 Å². The number of amides is 2. The van der Waals surface area contributed by atoms with Crippen molar-refractivity contribution < 1.29 is 9.59 Å². The van der Waals surface area contributed by atoms with Gasteiger partial charge >= 0.3 is 0 Å². The highest BCUT2D eigenvalue weighted by Crippen LogP contribution is 2.16. The monoisotopic (exact) mass is 372 g/mol. The molecule has 0 radical (unpaired) electrons. The van der Waals surface area contributed by atoms with Gasteiger partial charge in [0.15, 0.2) is 0 Å². The van der Waals surface area contributed by atoms with Gasteiger partial charge in [-0.25, -0.2) is 0 Å². The molecule has 2 aromatic rings. The van der Waals surface area contributed by atoms with Gasteiger partial charge < -0.3 is 10.6 Å². The summed E-state index contributed by atoms with van der Waals surface area (Å²) in [4.78, 5) is 24.9. The molecule has 0 saturated carbocycles. The van der Waals surface area contributed by atoms with Gasteiger partial charge in [-0.3, -0.25) is 9.59 Å². The van der Waals surface area contributed by atoms with E-state index in [4.69, 9.17) is 11.6 Å². The van der Waals surface area contributed by atoms with E-state index in [1.807, 2.05) is 55.5 Å². The van der Waals surface area contributed by atoms with Gasteiger partial charge in [-0.05, 0) is 56.0 Å². The van der Waals surface area contributed by atoms with Crippen molar-refractivity contribution in [2.45, 2.75) is 33.7 Å². The number of halogens is 1. The Morgan fingerprint density at radius 1 is 0.962 bits per heavy atom. The standard InChI is InChI=1S/C21H25ClN2O2/c1-15-6-4-5-7-17(15)14-24-20(26)21(2,3)19(25)23-13-12-16-8-10-18(22)11-9-16/h4-11H,12-14H2,1-3H3,(H,23,25)(H,24,26). The van der Waals surface area contributed by atoms with Gasteiger partial charge in [0.2, 0.25) is 11.8 Å². The number of carbonyl (C=O) groups is 2. The van der Waals surface area contributed by atoms with Crippen LogP contribution in [0.25, 0.3) is 0 Å². The topological polar surface area (TPSA) is 58.2 Å². The third kappa shape index (κ3) is 5.33. The van der Waals surface area contributed by atoms with E-state index in [0.29, 0.717) is 24.5 Å². The van der Waals surface area contributed by atoms with E-state index in [1.165, 1.54) is 0 Å². The van der Waals surface area contributed by atoms with Crippen LogP contribution < -0.4 is 10.6 Å². The molecular weight excluding hydrogens is 348 g/mol. The average molecular weight is 373 g/mol. The maximum atomic E-state index is 12.5. The molecule has 2 rings (SSSR count). The summed E-state index contributed by atoms with van der Waals surface area (Å²) in [5, 5.41) is 6.39. The fraction of sp³-hybridized carbons (Fsp3) is 0.333. The smallest absolute Gasteiger partial charge is 0.235 e. The van der Waals surface area contributed by atoms with Crippen LogP contribution in [0.4, 0.5) is 0 Å². The minimum atomic E-state index is -1.14. The van der Waals surface area contributed by atoms with Gasteiger partial charge in [-0.2, -0.15) is 0 Å².